The van der Waals surface area contributed by atoms with E-state index in [1.54, 1.807) is 31.2 Å². The number of carbonyl (C=O) groups is 1. The van der Waals surface area contributed by atoms with Crippen LogP contribution in [0.4, 0.5) is 17.2 Å². The summed E-state index contributed by atoms with van der Waals surface area (Å²) in [5.74, 6) is -0.313. The van der Waals surface area contributed by atoms with E-state index in [0.29, 0.717) is 21.4 Å². The van der Waals surface area contributed by atoms with E-state index in [2.05, 4.69) is 31.0 Å². The highest BCUT2D eigenvalue weighted by Crippen LogP contribution is 2.30. The second-order valence-electron chi connectivity index (χ2n) is 4.37. The highest BCUT2D eigenvalue weighted by Gasteiger charge is 2.18. The lowest BCUT2D eigenvalue weighted by atomic mass is 10.2. The van der Waals surface area contributed by atoms with Crippen LogP contribution in [-0.4, -0.2) is 23.0 Å². The molecule has 22 heavy (non-hydrogen) atoms. The van der Waals surface area contributed by atoms with Crippen molar-refractivity contribution >= 4 is 39.1 Å². The molecule has 114 valence electrons. The van der Waals surface area contributed by atoms with Gasteiger partial charge in [0.2, 0.25) is 5.82 Å². The van der Waals surface area contributed by atoms with Crippen molar-refractivity contribution in [1.29, 1.82) is 0 Å². The number of carbonyl (C=O) groups excluding carboxylic acids is 1. The minimum absolute atomic E-state index is 0.136. The van der Waals surface area contributed by atoms with Gasteiger partial charge in [-0.2, -0.15) is 0 Å². The molecule has 1 aromatic carbocycles. The van der Waals surface area contributed by atoms with E-state index in [9.17, 15) is 14.9 Å². The van der Waals surface area contributed by atoms with Gasteiger partial charge in [-0.05, 0) is 47.1 Å². The summed E-state index contributed by atoms with van der Waals surface area (Å²) in [7, 11) is 1.30. The summed E-state index contributed by atoms with van der Waals surface area (Å²) in [5, 5.41) is 14.0. The van der Waals surface area contributed by atoms with Crippen molar-refractivity contribution in [2.45, 2.75) is 6.92 Å². The lowest BCUT2D eigenvalue weighted by Crippen LogP contribution is -2.03. The van der Waals surface area contributed by atoms with Crippen LogP contribution in [-0.2, 0) is 4.74 Å². The first-order chi connectivity index (χ1) is 10.4. The average Bonchev–Trinajstić information content (AvgIpc) is 2.50. The molecule has 7 nitrogen and oxygen atoms in total. The van der Waals surface area contributed by atoms with Gasteiger partial charge >= 0.3 is 11.7 Å². The normalized spacial score (nSPS) is 10.1. The van der Waals surface area contributed by atoms with Crippen LogP contribution < -0.4 is 5.32 Å². The molecule has 1 aromatic heterocycles. The molecule has 0 saturated heterocycles. The first-order valence-electron chi connectivity index (χ1n) is 6.19. The Morgan fingerprint density at radius 3 is 2.55 bits per heavy atom. The first-order valence-corrected chi connectivity index (χ1v) is 6.98. The lowest BCUT2D eigenvalue weighted by Gasteiger charge is -2.08. The summed E-state index contributed by atoms with van der Waals surface area (Å²) in [6, 6.07) is 7.76. The number of aromatic nitrogens is 1. The van der Waals surface area contributed by atoms with E-state index in [0.717, 1.165) is 0 Å². The third-order valence-electron chi connectivity index (χ3n) is 2.90. The number of rotatable bonds is 4. The number of halogens is 1. The van der Waals surface area contributed by atoms with Crippen molar-refractivity contribution in [2.75, 3.05) is 12.4 Å². The summed E-state index contributed by atoms with van der Waals surface area (Å²) >= 11 is 3.22. The van der Waals surface area contributed by atoms with E-state index >= 15 is 0 Å². The topological polar surface area (TPSA) is 94.4 Å². The van der Waals surface area contributed by atoms with E-state index in [-0.39, 0.29) is 11.5 Å². The predicted molar refractivity (Wildman–Crippen MR) is 84.4 cm³/mol. The molecule has 0 aliphatic rings. The first kappa shape index (κ1) is 15.9. The summed E-state index contributed by atoms with van der Waals surface area (Å²) in [4.78, 5) is 26.1. The molecule has 1 N–H and O–H groups in total. The number of hydrogen-bond acceptors (Lipinski definition) is 6. The van der Waals surface area contributed by atoms with Gasteiger partial charge in [0.05, 0.1) is 23.3 Å². The van der Waals surface area contributed by atoms with Crippen LogP contribution in [0.25, 0.3) is 0 Å². The predicted octanol–water partition coefficient (Wildman–Crippen LogP) is 3.59. The number of ether oxygens (including phenoxy) is 1. The Kier molecular flexibility index (Phi) is 4.71. The molecule has 0 unspecified atom stereocenters. The van der Waals surface area contributed by atoms with Gasteiger partial charge in [-0.15, -0.1) is 0 Å². The van der Waals surface area contributed by atoms with Crippen LogP contribution in [0.2, 0.25) is 0 Å². The minimum atomic E-state index is -0.512. The Balaban J connectivity index is 2.32. The third-order valence-corrected chi connectivity index (χ3v) is 3.70. The summed E-state index contributed by atoms with van der Waals surface area (Å²) in [6.07, 6.45) is 0. The number of esters is 1. The van der Waals surface area contributed by atoms with Gasteiger partial charge in [-0.1, -0.05) is 0 Å². The molecule has 2 rings (SSSR count). The molecular formula is C14H12BrN3O4. The van der Waals surface area contributed by atoms with Crippen LogP contribution in [0.5, 0.6) is 0 Å². The van der Waals surface area contributed by atoms with Crippen LogP contribution in [0.3, 0.4) is 0 Å². The Labute approximate surface area is 134 Å². The van der Waals surface area contributed by atoms with Gasteiger partial charge in [0.1, 0.15) is 0 Å². The zero-order valence-electron chi connectivity index (χ0n) is 11.8. The molecule has 0 aliphatic heterocycles. The number of nitrogens with zero attached hydrogens (tertiary/aromatic N) is 2. The van der Waals surface area contributed by atoms with Gasteiger partial charge in [0.15, 0.2) is 0 Å². The second kappa shape index (κ2) is 6.52. The maximum Gasteiger partial charge on any atom is 0.337 e. The van der Waals surface area contributed by atoms with Crippen LogP contribution >= 0.6 is 15.9 Å². The SMILES string of the molecule is COC(=O)c1ccc(Nc2nc(C)c(Br)cc2[N+](=O)[O-])cc1. The third kappa shape index (κ3) is 3.40. The number of methoxy groups -OCH3 is 1. The van der Waals surface area contributed by atoms with E-state index < -0.39 is 10.9 Å². The molecule has 1 heterocycles. The fourth-order valence-corrected chi connectivity index (χ4v) is 2.05. The largest absolute Gasteiger partial charge is 0.465 e. The highest BCUT2D eigenvalue weighted by atomic mass is 79.9. The number of nitrogens with one attached hydrogen (secondary N) is 1. The molecule has 2 aromatic rings. The van der Waals surface area contributed by atoms with Gasteiger partial charge in [0, 0.05) is 16.2 Å². The summed E-state index contributed by atoms with van der Waals surface area (Å²) < 4.78 is 5.17. The zero-order valence-corrected chi connectivity index (χ0v) is 13.4. The Hall–Kier alpha value is -2.48. The molecule has 0 spiro atoms. The van der Waals surface area contributed by atoms with E-state index in [1.807, 2.05) is 0 Å². The molecule has 0 saturated carbocycles. The van der Waals surface area contributed by atoms with Gasteiger partial charge in [0.25, 0.3) is 0 Å². The summed E-state index contributed by atoms with van der Waals surface area (Å²) in [5.41, 5.74) is 1.45. The van der Waals surface area contributed by atoms with Crippen LogP contribution in [0, 0.1) is 17.0 Å². The van der Waals surface area contributed by atoms with Crippen molar-refractivity contribution in [2.24, 2.45) is 0 Å². The van der Waals surface area contributed by atoms with Crippen LogP contribution in [0.1, 0.15) is 16.1 Å². The van der Waals surface area contributed by atoms with Crippen molar-refractivity contribution < 1.29 is 14.5 Å². The Morgan fingerprint density at radius 1 is 1.36 bits per heavy atom. The van der Waals surface area contributed by atoms with Gasteiger partial charge < -0.3 is 10.1 Å². The highest BCUT2D eigenvalue weighted by molar-refractivity contribution is 9.10. The van der Waals surface area contributed by atoms with Crippen molar-refractivity contribution in [3.63, 3.8) is 0 Å². The fourth-order valence-electron chi connectivity index (χ4n) is 1.75. The molecular weight excluding hydrogens is 354 g/mol. The lowest BCUT2D eigenvalue weighted by molar-refractivity contribution is -0.384. The monoisotopic (exact) mass is 365 g/mol. The number of nitro groups is 1. The Bertz CT molecular complexity index is 732. The average molecular weight is 366 g/mol. The van der Waals surface area contributed by atoms with Gasteiger partial charge in [-0.3, -0.25) is 10.1 Å². The standard InChI is InChI=1S/C14H12BrN3O4/c1-8-11(15)7-12(18(20)21)13(16-8)17-10-5-3-9(4-6-10)14(19)22-2/h3-7H,1-2H3,(H,16,17). The van der Waals surface area contributed by atoms with E-state index in [4.69, 9.17) is 0 Å². The molecule has 8 heteroatoms. The van der Waals surface area contributed by atoms with Gasteiger partial charge in [-0.25, -0.2) is 9.78 Å². The second-order valence-corrected chi connectivity index (χ2v) is 5.23. The molecule has 0 aliphatic carbocycles. The molecule has 0 atom stereocenters. The smallest absolute Gasteiger partial charge is 0.337 e. The maximum absolute atomic E-state index is 11.4. The van der Waals surface area contributed by atoms with E-state index in [1.165, 1.54) is 13.2 Å². The summed E-state index contributed by atoms with van der Waals surface area (Å²) in [6.45, 7) is 1.74. The number of anilines is 2. The number of aryl methyl sites for hydroxylation is 1. The zero-order chi connectivity index (χ0) is 16.3. The fraction of sp³-hybridized carbons (Fsp3) is 0.143. The molecule has 0 fully saturated rings. The Morgan fingerprint density at radius 2 is 2.00 bits per heavy atom. The molecule has 0 bridgehead atoms. The minimum Gasteiger partial charge on any atom is -0.465 e. The van der Waals surface area contributed by atoms with Crippen molar-refractivity contribution in [3.8, 4) is 0 Å². The number of benzene rings is 1. The number of pyridine rings is 1. The quantitative estimate of drug-likeness (QED) is 0.505. The van der Waals surface area contributed by atoms with Crippen LogP contribution in [0.15, 0.2) is 34.8 Å². The number of hydrogen-bond donors (Lipinski definition) is 1. The van der Waals surface area contributed by atoms with Crippen molar-refractivity contribution in [1.82, 2.24) is 4.98 Å². The van der Waals surface area contributed by atoms with Crippen molar-refractivity contribution in [3.05, 3.63) is 56.2 Å². The molecule has 0 radical (unpaired) electrons. The maximum atomic E-state index is 11.4. The molecule has 0 amide bonds.